The Balaban J connectivity index is 2.11. The van der Waals surface area contributed by atoms with Gasteiger partial charge in [-0.25, -0.2) is 0 Å². The molecule has 4 rings (SSSR count). The number of H-pyrrole nitrogens is 1. The van der Waals surface area contributed by atoms with Gasteiger partial charge in [0.2, 0.25) is 0 Å². The Kier molecular flexibility index (Phi) is 3.21. The van der Waals surface area contributed by atoms with E-state index in [0.717, 1.165) is 33.1 Å². The van der Waals surface area contributed by atoms with Crippen molar-refractivity contribution in [1.29, 1.82) is 0 Å². The van der Waals surface area contributed by atoms with E-state index < -0.39 is 0 Å². The predicted molar refractivity (Wildman–Crippen MR) is 99.4 cm³/mol. The van der Waals surface area contributed by atoms with Gasteiger partial charge in [-0.3, -0.25) is 0 Å². The third-order valence-corrected chi connectivity index (χ3v) is 5.16. The Labute approximate surface area is 142 Å². The van der Waals surface area contributed by atoms with E-state index in [1.807, 2.05) is 25.2 Å². The van der Waals surface area contributed by atoms with Crippen molar-refractivity contribution in [2.75, 3.05) is 0 Å². The first-order chi connectivity index (χ1) is 11.0. The number of nitrogens with one attached hydrogen (secondary N) is 1. The molecule has 0 saturated carbocycles. The SMILES string of the molecule is Cc1ccc2[nH]c3c(cc(-c4ccc([AsH2])cc4)c(=O)n3C)c2c1. The van der Waals surface area contributed by atoms with Crippen LogP contribution in [0.4, 0.5) is 0 Å². The second-order valence-electron chi connectivity index (χ2n) is 5.98. The summed E-state index contributed by atoms with van der Waals surface area (Å²) in [6, 6.07) is 16.5. The Hall–Kier alpha value is -2.25. The number of aromatic nitrogens is 2. The summed E-state index contributed by atoms with van der Waals surface area (Å²) in [7, 11) is 1.83. The van der Waals surface area contributed by atoms with Crippen molar-refractivity contribution in [2.45, 2.75) is 6.92 Å². The molecule has 3 nitrogen and oxygen atoms in total. The van der Waals surface area contributed by atoms with Crippen LogP contribution < -0.4 is 9.91 Å². The number of aromatic amines is 1. The number of rotatable bonds is 1. The van der Waals surface area contributed by atoms with Gasteiger partial charge in [0.05, 0.1) is 0 Å². The number of aryl methyl sites for hydroxylation is 2. The van der Waals surface area contributed by atoms with Crippen molar-refractivity contribution in [3.63, 3.8) is 0 Å². The number of hydrogen-bond donors (Lipinski definition) is 1. The van der Waals surface area contributed by atoms with E-state index >= 15 is 0 Å². The molecular formula is C19H17AsN2O. The van der Waals surface area contributed by atoms with Crippen molar-refractivity contribution in [2.24, 2.45) is 7.05 Å². The molecular weight excluding hydrogens is 347 g/mol. The third kappa shape index (κ3) is 2.24. The molecule has 2 heterocycles. The van der Waals surface area contributed by atoms with Crippen LogP contribution in [0, 0.1) is 6.92 Å². The van der Waals surface area contributed by atoms with Crippen LogP contribution in [0.25, 0.3) is 33.1 Å². The summed E-state index contributed by atoms with van der Waals surface area (Å²) in [6.45, 7) is 2.09. The van der Waals surface area contributed by atoms with Gasteiger partial charge in [0, 0.05) is 0 Å². The van der Waals surface area contributed by atoms with Crippen molar-refractivity contribution < 1.29 is 0 Å². The van der Waals surface area contributed by atoms with Crippen molar-refractivity contribution in [1.82, 2.24) is 9.55 Å². The van der Waals surface area contributed by atoms with Crippen LogP contribution in [0.1, 0.15) is 5.56 Å². The third-order valence-electron chi connectivity index (χ3n) is 4.35. The minimum atomic E-state index is 0.0233. The van der Waals surface area contributed by atoms with E-state index in [1.165, 1.54) is 9.91 Å². The summed E-state index contributed by atoms with van der Waals surface area (Å²) in [5, 5.41) is 2.25. The van der Waals surface area contributed by atoms with Crippen molar-refractivity contribution in [3.05, 3.63) is 64.4 Å². The molecule has 1 N–H and O–H groups in total. The van der Waals surface area contributed by atoms with E-state index in [-0.39, 0.29) is 5.56 Å². The summed E-state index contributed by atoms with van der Waals surface area (Å²) in [5.74, 6) is 0. The van der Waals surface area contributed by atoms with Gasteiger partial charge in [-0.05, 0) is 0 Å². The van der Waals surface area contributed by atoms with Crippen LogP contribution in [0.5, 0.6) is 0 Å². The molecule has 0 fully saturated rings. The topological polar surface area (TPSA) is 37.8 Å². The molecule has 114 valence electrons. The second kappa shape index (κ2) is 5.14. The van der Waals surface area contributed by atoms with Crippen LogP contribution in [0.15, 0.2) is 53.3 Å². The fourth-order valence-corrected chi connectivity index (χ4v) is 3.48. The maximum atomic E-state index is 12.8. The Morgan fingerprint density at radius 1 is 1.00 bits per heavy atom. The van der Waals surface area contributed by atoms with E-state index in [4.69, 9.17) is 0 Å². The Morgan fingerprint density at radius 3 is 2.48 bits per heavy atom. The minimum absolute atomic E-state index is 0.0233. The fraction of sp³-hybridized carbons (Fsp3) is 0.105. The summed E-state index contributed by atoms with van der Waals surface area (Å²) in [4.78, 5) is 16.1. The zero-order chi connectivity index (χ0) is 16.1. The average molecular weight is 364 g/mol. The van der Waals surface area contributed by atoms with Gasteiger partial charge in [0.25, 0.3) is 0 Å². The van der Waals surface area contributed by atoms with E-state index in [9.17, 15) is 4.79 Å². The molecule has 0 bridgehead atoms. The van der Waals surface area contributed by atoms with Gasteiger partial charge in [0.1, 0.15) is 0 Å². The van der Waals surface area contributed by atoms with Gasteiger partial charge in [-0.2, -0.15) is 0 Å². The number of nitrogens with zero attached hydrogens (tertiary/aromatic N) is 1. The van der Waals surface area contributed by atoms with E-state index in [1.54, 1.807) is 21.4 Å². The van der Waals surface area contributed by atoms with E-state index in [0.29, 0.717) is 0 Å². The monoisotopic (exact) mass is 364 g/mol. The molecule has 2 aromatic heterocycles. The first-order valence-electron chi connectivity index (χ1n) is 7.52. The normalized spacial score (nSPS) is 11.4. The molecule has 0 aliphatic heterocycles. The van der Waals surface area contributed by atoms with Crippen LogP contribution >= 0.6 is 0 Å². The number of hydrogen-bond acceptors (Lipinski definition) is 1. The molecule has 0 aliphatic carbocycles. The zero-order valence-corrected chi connectivity index (χ0v) is 15.5. The molecule has 0 spiro atoms. The standard InChI is InChI=1S/C19H17AsN2O/c1-11-3-8-17-15(9-11)16-10-14(12-4-6-13(20)7-5-12)19(23)22(2)18(16)21-17/h3-10,21H,20H2,1-2H3. The van der Waals surface area contributed by atoms with E-state index in [2.05, 4.69) is 42.2 Å². The Morgan fingerprint density at radius 2 is 1.74 bits per heavy atom. The second-order valence-corrected chi connectivity index (χ2v) is 7.38. The summed E-state index contributed by atoms with van der Waals surface area (Å²) >= 11 is 1.59. The average Bonchev–Trinajstić information content (AvgIpc) is 2.90. The first-order valence-corrected chi connectivity index (χ1v) is 8.74. The van der Waals surface area contributed by atoms with Crippen LogP contribution in [-0.4, -0.2) is 26.4 Å². The van der Waals surface area contributed by atoms with Crippen LogP contribution in [0.2, 0.25) is 0 Å². The summed E-state index contributed by atoms with van der Waals surface area (Å²) in [5.41, 5.74) is 4.88. The number of benzene rings is 2. The quantitative estimate of drug-likeness (QED) is 0.517. The fourth-order valence-electron chi connectivity index (χ4n) is 3.08. The molecule has 0 saturated heterocycles. The molecule has 2 aromatic carbocycles. The molecule has 0 amide bonds. The first kappa shape index (κ1) is 14.3. The molecule has 1 atom stereocenters. The van der Waals surface area contributed by atoms with Gasteiger partial charge in [0.15, 0.2) is 0 Å². The number of fused-ring (bicyclic) bond motifs is 3. The molecule has 4 heteroatoms. The predicted octanol–water partition coefficient (Wildman–Crippen LogP) is 2.25. The summed E-state index contributed by atoms with van der Waals surface area (Å²) in [6.07, 6.45) is 0. The molecule has 1 unspecified atom stereocenters. The van der Waals surface area contributed by atoms with Crippen molar-refractivity contribution in [3.8, 4) is 11.1 Å². The zero-order valence-electron chi connectivity index (χ0n) is 13.1. The molecule has 4 aromatic rings. The van der Waals surface area contributed by atoms with Crippen LogP contribution in [-0.2, 0) is 7.05 Å². The summed E-state index contributed by atoms with van der Waals surface area (Å²) < 4.78 is 2.96. The van der Waals surface area contributed by atoms with Gasteiger partial charge >= 0.3 is 142 Å². The molecule has 0 radical (unpaired) electrons. The van der Waals surface area contributed by atoms with Gasteiger partial charge in [-0.15, -0.1) is 0 Å². The Bertz CT molecular complexity index is 1100. The number of pyridine rings is 1. The van der Waals surface area contributed by atoms with Gasteiger partial charge < -0.3 is 0 Å². The maximum absolute atomic E-state index is 12.8. The van der Waals surface area contributed by atoms with Crippen LogP contribution in [0.3, 0.4) is 0 Å². The van der Waals surface area contributed by atoms with Crippen molar-refractivity contribution >= 4 is 43.1 Å². The molecule has 23 heavy (non-hydrogen) atoms. The van der Waals surface area contributed by atoms with Gasteiger partial charge in [-0.1, -0.05) is 0 Å². The molecule has 0 aliphatic rings.